The van der Waals surface area contributed by atoms with Crippen molar-refractivity contribution in [3.8, 4) is 0 Å². The second kappa shape index (κ2) is 2.97. The van der Waals surface area contributed by atoms with Crippen LogP contribution in [-0.2, 0) is 0 Å². The summed E-state index contributed by atoms with van der Waals surface area (Å²) in [5, 5.41) is 0. The van der Waals surface area contributed by atoms with Crippen molar-refractivity contribution < 1.29 is 0 Å². The van der Waals surface area contributed by atoms with Crippen LogP contribution in [0.15, 0.2) is 16.6 Å². The molecule has 0 atom stereocenters. The van der Waals surface area contributed by atoms with Gasteiger partial charge in [-0.1, -0.05) is 47.6 Å². The van der Waals surface area contributed by atoms with Crippen LogP contribution in [0.3, 0.4) is 0 Å². The van der Waals surface area contributed by atoms with E-state index in [-0.39, 0.29) is 10.8 Å². The van der Waals surface area contributed by atoms with E-state index in [2.05, 4.69) is 52.6 Å². The maximum atomic E-state index is 4.58. The minimum Gasteiger partial charge on any atom is -0.285 e. The minimum absolute atomic E-state index is 0.190. The van der Waals surface area contributed by atoms with Crippen molar-refractivity contribution in [2.24, 2.45) is 15.8 Å². The molecule has 0 N–H and O–H groups in total. The van der Waals surface area contributed by atoms with Gasteiger partial charge in [-0.3, -0.25) is 4.99 Å². The van der Waals surface area contributed by atoms with Crippen molar-refractivity contribution in [2.45, 2.75) is 41.5 Å². The topological polar surface area (TPSA) is 12.4 Å². The fraction of sp³-hybridized carbons (Fsp3) is 0.750. The summed E-state index contributed by atoms with van der Waals surface area (Å²) in [6.45, 7) is 14.3. The highest BCUT2D eigenvalue weighted by molar-refractivity contribution is 6.06. The van der Waals surface area contributed by atoms with Gasteiger partial charge in [-0.25, -0.2) is 0 Å². The predicted octanol–water partition coefficient (Wildman–Crippen LogP) is 3.46. The normalized spacial score (nSPS) is 18.6. The van der Waals surface area contributed by atoms with Gasteiger partial charge in [0.1, 0.15) is 0 Å². The summed E-state index contributed by atoms with van der Waals surface area (Å²) in [5.74, 6) is 0. The molecule has 0 radical (unpaired) electrons. The molecule has 1 heterocycles. The average Bonchev–Trinajstić information content (AvgIpc) is 2.27. The molecule has 0 saturated carbocycles. The lowest BCUT2D eigenvalue weighted by atomic mass is 9.76. The molecular formula is C12H21N. The number of hydrogen-bond donors (Lipinski definition) is 0. The first kappa shape index (κ1) is 10.5. The smallest absolute Gasteiger partial charge is 0.0580 e. The average molecular weight is 179 g/mol. The number of aliphatic imine (C=N–C) groups is 1. The first-order valence-corrected chi connectivity index (χ1v) is 4.99. The Bertz CT molecular complexity index is 228. The Morgan fingerprint density at radius 3 is 1.85 bits per heavy atom. The molecule has 0 saturated heterocycles. The van der Waals surface area contributed by atoms with E-state index in [0.29, 0.717) is 0 Å². The maximum Gasteiger partial charge on any atom is 0.0580 e. The standard InChI is InChI=1S/C12H21N/c1-11(2,3)9-7-8-13-10(9)12(4,5)6/h7H,8H2,1-6H3. The van der Waals surface area contributed by atoms with Crippen molar-refractivity contribution >= 4 is 5.71 Å². The van der Waals surface area contributed by atoms with Crippen molar-refractivity contribution in [1.29, 1.82) is 0 Å². The molecule has 0 aromatic rings. The second-order valence-corrected chi connectivity index (χ2v) is 5.81. The Hall–Kier alpha value is -0.590. The fourth-order valence-corrected chi connectivity index (χ4v) is 1.71. The van der Waals surface area contributed by atoms with E-state index in [4.69, 9.17) is 0 Å². The van der Waals surface area contributed by atoms with Gasteiger partial charge in [0.2, 0.25) is 0 Å². The monoisotopic (exact) mass is 179 g/mol. The molecule has 0 amide bonds. The highest BCUT2D eigenvalue weighted by atomic mass is 14.8. The van der Waals surface area contributed by atoms with Gasteiger partial charge in [0.05, 0.1) is 6.54 Å². The zero-order valence-electron chi connectivity index (χ0n) is 9.73. The van der Waals surface area contributed by atoms with Crippen molar-refractivity contribution in [3.63, 3.8) is 0 Å². The Kier molecular flexibility index (Phi) is 2.40. The number of nitrogens with zero attached hydrogens (tertiary/aromatic N) is 1. The second-order valence-electron chi connectivity index (χ2n) is 5.81. The summed E-state index contributed by atoms with van der Waals surface area (Å²) in [6, 6.07) is 0. The molecule has 0 spiro atoms. The van der Waals surface area contributed by atoms with Gasteiger partial charge in [0, 0.05) is 11.1 Å². The molecule has 0 aromatic carbocycles. The molecule has 1 heteroatoms. The molecule has 13 heavy (non-hydrogen) atoms. The summed E-state index contributed by atoms with van der Waals surface area (Å²) in [5.41, 5.74) is 3.15. The van der Waals surface area contributed by atoms with Crippen molar-refractivity contribution in [2.75, 3.05) is 6.54 Å². The summed E-state index contributed by atoms with van der Waals surface area (Å²) >= 11 is 0. The molecule has 1 nitrogen and oxygen atoms in total. The Labute approximate surface area is 82.0 Å². The molecule has 0 unspecified atom stereocenters. The summed E-state index contributed by atoms with van der Waals surface area (Å²) in [7, 11) is 0. The molecule has 74 valence electrons. The van der Waals surface area contributed by atoms with Gasteiger partial charge < -0.3 is 0 Å². The van der Waals surface area contributed by atoms with Crippen LogP contribution in [0.25, 0.3) is 0 Å². The van der Waals surface area contributed by atoms with E-state index in [0.717, 1.165) is 6.54 Å². The molecule has 1 rings (SSSR count). The largest absolute Gasteiger partial charge is 0.285 e. The first-order chi connectivity index (χ1) is 5.73. The lowest BCUT2D eigenvalue weighted by molar-refractivity contribution is 0.504. The van der Waals surface area contributed by atoms with E-state index in [1.54, 1.807) is 0 Å². The van der Waals surface area contributed by atoms with Crippen LogP contribution in [-0.4, -0.2) is 12.3 Å². The highest BCUT2D eigenvalue weighted by Crippen LogP contribution is 2.35. The van der Waals surface area contributed by atoms with Crippen LogP contribution in [0.2, 0.25) is 0 Å². The predicted molar refractivity (Wildman–Crippen MR) is 59.3 cm³/mol. The zero-order valence-corrected chi connectivity index (χ0v) is 9.73. The van der Waals surface area contributed by atoms with Gasteiger partial charge in [-0.05, 0) is 11.0 Å². The third-order valence-electron chi connectivity index (χ3n) is 2.32. The molecule has 1 aliphatic heterocycles. The van der Waals surface area contributed by atoms with Gasteiger partial charge >= 0.3 is 0 Å². The summed E-state index contributed by atoms with van der Waals surface area (Å²) < 4.78 is 0. The van der Waals surface area contributed by atoms with Gasteiger partial charge in [0.15, 0.2) is 0 Å². The van der Waals surface area contributed by atoms with Gasteiger partial charge in [0.25, 0.3) is 0 Å². The van der Waals surface area contributed by atoms with E-state index in [1.807, 2.05) is 0 Å². The van der Waals surface area contributed by atoms with Crippen LogP contribution in [0.1, 0.15) is 41.5 Å². The minimum atomic E-state index is 0.190. The summed E-state index contributed by atoms with van der Waals surface area (Å²) in [4.78, 5) is 4.58. The van der Waals surface area contributed by atoms with E-state index >= 15 is 0 Å². The van der Waals surface area contributed by atoms with E-state index in [1.165, 1.54) is 11.3 Å². The molecule has 0 aromatic heterocycles. The molecule has 1 aliphatic rings. The van der Waals surface area contributed by atoms with Crippen LogP contribution >= 0.6 is 0 Å². The molecular weight excluding hydrogens is 158 g/mol. The van der Waals surface area contributed by atoms with E-state index in [9.17, 15) is 0 Å². The Morgan fingerprint density at radius 2 is 1.54 bits per heavy atom. The van der Waals surface area contributed by atoms with Gasteiger partial charge in [-0.15, -0.1) is 0 Å². The molecule has 0 bridgehead atoms. The summed E-state index contributed by atoms with van der Waals surface area (Å²) in [6.07, 6.45) is 2.26. The molecule has 0 fully saturated rings. The number of hydrogen-bond acceptors (Lipinski definition) is 1. The lowest BCUT2D eigenvalue weighted by Gasteiger charge is -2.29. The number of rotatable bonds is 0. The highest BCUT2D eigenvalue weighted by Gasteiger charge is 2.31. The van der Waals surface area contributed by atoms with Crippen LogP contribution in [0, 0.1) is 10.8 Å². The Morgan fingerprint density at radius 1 is 1.00 bits per heavy atom. The molecule has 0 aliphatic carbocycles. The fourth-order valence-electron chi connectivity index (χ4n) is 1.71. The first-order valence-electron chi connectivity index (χ1n) is 4.99. The SMILES string of the molecule is CC(C)(C)C1=CCN=C1C(C)(C)C. The van der Waals surface area contributed by atoms with Crippen molar-refractivity contribution in [3.05, 3.63) is 11.6 Å². The zero-order chi connectivity index (χ0) is 10.3. The van der Waals surface area contributed by atoms with E-state index < -0.39 is 0 Å². The Balaban J connectivity index is 2.99. The quantitative estimate of drug-likeness (QED) is 0.540. The maximum absolute atomic E-state index is 4.58. The number of allylic oxidation sites excluding steroid dienone is 1. The third kappa shape index (κ3) is 2.20. The van der Waals surface area contributed by atoms with Crippen LogP contribution in [0.5, 0.6) is 0 Å². The lowest BCUT2D eigenvalue weighted by Crippen LogP contribution is -2.27. The van der Waals surface area contributed by atoms with Crippen LogP contribution < -0.4 is 0 Å². The van der Waals surface area contributed by atoms with Gasteiger partial charge in [-0.2, -0.15) is 0 Å². The van der Waals surface area contributed by atoms with Crippen LogP contribution in [0.4, 0.5) is 0 Å². The van der Waals surface area contributed by atoms with Crippen molar-refractivity contribution in [1.82, 2.24) is 0 Å². The third-order valence-corrected chi connectivity index (χ3v) is 2.32.